The average molecular weight is 289 g/mol. The van der Waals surface area contributed by atoms with E-state index in [1.807, 2.05) is 6.20 Å². The fourth-order valence-corrected chi connectivity index (χ4v) is 3.00. The molecule has 1 saturated heterocycles. The van der Waals surface area contributed by atoms with E-state index in [9.17, 15) is 0 Å². The van der Waals surface area contributed by atoms with Crippen LogP contribution in [0.15, 0.2) is 18.3 Å². The van der Waals surface area contributed by atoms with Gasteiger partial charge in [-0.15, -0.1) is 0 Å². The molecule has 1 fully saturated rings. The van der Waals surface area contributed by atoms with Crippen LogP contribution in [0.3, 0.4) is 0 Å². The van der Waals surface area contributed by atoms with E-state index < -0.39 is 0 Å². The van der Waals surface area contributed by atoms with Crippen molar-refractivity contribution in [1.29, 1.82) is 0 Å². The third-order valence-electron chi connectivity index (χ3n) is 4.28. The highest BCUT2D eigenvalue weighted by Crippen LogP contribution is 2.25. The van der Waals surface area contributed by atoms with Crippen LogP contribution in [-0.2, 0) is 6.54 Å². The number of anilines is 1. The smallest absolute Gasteiger partial charge is 0.129 e. The molecule has 1 aliphatic heterocycles. The summed E-state index contributed by atoms with van der Waals surface area (Å²) in [4.78, 5) is 7.18. The van der Waals surface area contributed by atoms with Gasteiger partial charge in [0.2, 0.25) is 0 Å². The molecule has 1 aromatic rings. The summed E-state index contributed by atoms with van der Waals surface area (Å²) in [6, 6.07) is 5.05. The zero-order valence-corrected chi connectivity index (χ0v) is 14.2. The summed E-state index contributed by atoms with van der Waals surface area (Å²) in [6.07, 6.45) is 8.50. The van der Waals surface area contributed by atoms with Gasteiger partial charge in [0.15, 0.2) is 0 Å². The lowest BCUT2D eigenvalue weighted by molar-refractivity contribution is 0.424. The van der Waals surface area contributed by atoms with E-state index in [1.165, 1.54) is 37.7 Å². The van der Waals surface area contributed by atoms with Gasteiger partial charge in [-0.25, -0.2) is 4.98 Å². The fraction of sp³-hybridized carbons (Fsp3) is 0.722. The van der Waals surface area contributed by atoms with Crippen molar-refractivity contribution in [1.82, 2.24) is 10.3 Å². The Morgan fingerprint density at radius 1 is 1.29 bits per heavy atom. The van der Waals surface area contributed by atoms with Gasteiger partial charge in [0, 0.05) is 30.9 Å². The van der Waals surface area contributed by atoms with Crippen molar-refractivity contribution in [2.24, 2.45) is 0 Å². The predicted octanol–water partition coefficient (Wildman–Crippen LogP) is 4.13. The minimum absolute atomic E-state index is 0.151. The first kappa shape index (κ1) is 16.3. The molecule has 3 heteroatoms. The molecule has 0 aromatic carbocycles. The second-order valence-electron chi connectivity index (χ2n) is 7.23. The molecular weight excluding hydrogens is 258 g/mol. The molecule has 0 aliphatic carbocycles. The third kappa shape index (κ3) is 4.99. The zero-order valence-electron chi connectivity index (χ0n) is 14.2. The Morgan fingerprint density at radius 2 is 2.10 bits per heavy atom. The Kier molecular flexibility index (Phi) is 5.63. The Morgan fingerprint density at radius 3 is 2.81 bits per heavy atom. The van der Waals surface area contributed by atoms with E-state index >= 15 is 0 Å². The summed E-state index contributed by atoms with van der Waals surface area (Å²) < 4.78 is 0. The molecular formula is C18H31N3. The molecule has 1 atom stereocenters. The number of hydrogen-bond acceptors (Lipinski definition) is 3. The third-order valence-corrected chi connectivity index (χ3v) is 4.28. The highest BCUT2D eigenvalue weighted by Gasteiger charge is 2.20. The van der Waals surface area contributed by atoms with Crippen molar-refractivity contribution in [2.45, 2.75) is 77.9 Å². The first-order chi connectivity index (χ1) is 9.99. The van der Waals surface area contributed by atoms with Gasteiger partial charge in [0.1, 0.15) is 5.82 Å². The van der Waals surface area contributed by atoms with Crippen molar-refractivity contribution in [3.63, 3.8) is 0 Å². The predicted molar refractivity (Wildman–Crippen MR) is 90.7 cm³/mol. The van der Waals surface area contributed by atoms with Crippen LogP contribution in [0.5, 0.6) is 0 Å². The van der Waals surface area contributed by atoms with Gasteiger partial charge in [-0.1, -0.05) is 19.8 Å². The number of rotatable bonds is 4. The summed E-state index contributed by atoms with van der Waals surface area (Å²) in [6.45, 7) is 11.0. The van der Waals surface area contributed by atoms with Gasteiger partial charge in [-0.3, -0.25) is 0 Å². The molecule has 0 saturated carbocycles. The molecule has 2 rings (SSSR count). The fourth-order valence-electron chi connectivity index (χ4n) is 3.00. The van der Waals surface area contributed by atoms with E-state index in [4.69, 9.17) is 0 Å². The second-order valence-corrected chi connectivity index (χ2v) is 7.23. The lowest BCUT2D eigenvalue weighted by Gasteiger charge is -2.30. The van der Waals surface area contributed by atoms with E-state index in [0.29, 0.717) is 6.04 Å². The lowest BCUT2D eigenvalue weighted by atomic mass is 10.1. The Hall–Kier alpha value is -1.09. The monoisotopic (exact) mass is 289 g/mol. The maximum Gasteiger partial charge on any atom is 0.129 e. The molecule has 1 unspecified atom stereocenters. The van der Waals surface area contributed by atoms with Crippen LogP contribution < -0.4 is 10.2 Å². The zero-order chi connectivity index (χ0) is 15.3. The van der Waals surface area contributed by atoms with Crippen LogP contribution in [0.1, 0.15) is 65.4 Å². The number of hydrogen-bond donors (Lipinski definition) is 1. The van der Waals surface area contributed by atoms with Gasteiger partial charge in [0.05, 0.1) is 0 Å². The number of aromatic nitrogens is 1. The molecule has 0 amide bonds. The molecule has 1 aromatic heterocycles. The van der Waals surface area contributed by atoms with E-state index in [2.05, 4.69) is 55.0 Å². The largest absolute Gasteiger partial charge is 0.354 e. The highest BCUT2D eigenvalue weighted by molar-refractivity contribution is 5.42. The summed E-state index contributed by atoms with van der Waals surface area (Å²) in [7, 11) is 0. The summed E-state index contributed by atoms with van der Waals surface area (Å²) >= 11 is 0. The number of pyridine rings is 1. The minimum atomic E-state index is 0.151. The van der Waals surface area contributed by atoms with Crippen molar-refractivity contribution in [3.05, 3.63) is 23.9 Å². The summed E-state index contributed by atoms with van der Waals surface area (Å²) in [5.74, 6) is 1.16. The van der Waals surface area contributed by atoms with Crippen molar-refractivity contribution < 1.29 is 0 Å². The van der Waals surface area contributed by atoms with Crippen LogP contribution in [0.4, 0.5) is 5.82 Å². The average Bonchev–Trinajstić information content (AvgIpc) is 2.70. The van der Waals surface area contributed by atoms with Gasteiger partial charge in [-0.05, 0) is 57.7 Å². The molecule has 118 valence electrons. The van der Waals surface area contributed by atoms with Crippen LogP contribution >= 0.6 is 0 Å². The quantitative estimate of drug-likeness (QED) is 0.903. The summed E-state index contributed by atoms with van der Waals surface area (Å²) in [5, 5.41) is 3.56. The van der Waals surface area contributed by atoms with E-state index in [1.54, 1.807) is 0 Å². The molecule has 0 bridgehead atoms. The van der Waals surface area contributed by atoms with Crippen molar-refractivity contribution >= 4 is 5.82 Å². The Labute approximate surface area is 130 Å². The first-order valence-corrected chi connectivity index (χ1v) is 8.46. The van der Waals surface area contributed by atoms with Crippen LogP contribution in [-0.4, -0.2) is 23.1 Å². The van der Waals surface area contributed by atoms with E-state index in [-0.39, 0.29) is 5.54 Å². The van der Waals surface area contributed by atoms with Crippen molar-refractivity contribution in [2.75, 3.05) is 11.4 Å². The maximum atomic E-state index is 4.65. The second kappa shape index (κ2) is 7.26. The molecule has 3 nitrogen and oxygen atoms in total. The molecule has 1 aliphatic rings. The number of nitrogens with zero attached hydrogens (tertiary/aromatic N) is 2. The highest BCUT2D eigenvalue weighted by atomic mass is 15.2. The van der Waals surface area contributed by atoms with Gasteiger partial charge in [-0.2, -0.15) is 0 Å². The lowest BCUT2D eigenvalue weighted by Crippen LogP contribution is -2.36. The SMILES string of the molecule is CCC1CCCCCN1c1cc(CNC(C)(C)C)ccn1. The van der Waals surface area contributed by atoms with Crippen LogP contribution in [0.2, 0.25) is 0 Å². The molecule has 0 spiro atoms. The number of nitrogens with one attached hydrogen (secondary N) is 1. The summed E-state index contributed by atoms with van der Waals surface area (Å²) in [5.41, 5.74) is 1.48. The normalized spacial score (nSPS) is 20.4. The Bertz CT molecular complexity index is 436. The first-order valence-electron chi connectivity index (χ1n) is 8.46. The van der Waals surface area contributed by atoms with Crippen LogP contribution in [0, 0.1) is 0 Å². The molecule has 1 N–H and O–H groups in total. The maximum absolute atomic E-state index is 4.65. The molecule has 2 heterocycles. The van der Waals surface area contributed by atoms with Gasteiger partial charge in [0.25, 0.3) is 0 Å². The van der Waals surface area contributed by atoms with E-state index in [0.717, 1.165) is 18.9 Å². The van der Waals surface area contributed by atoms with Crippen molar-refractivity contribution in [3.8, 4) is 0 Å². The Balaban J connectivity index is 2.11. The standard InChI is InChI=1S/C18H31N3/c1-5-16-9-7-6-8-12-21(16)17-13-15(10-11-19-17)14-20-18(2,3)4/h10-11,13,16,20H,5-9,12,14H2,1-4H3. The topological polar surface area (TPSA) is 28.2 Å². The minimum Gasteiger partial charge on any atom is -0.354 e. The van der Waals surface area contributed by atoms with Crippen LogP contribution in [0.25, 0.3) is 0 Å². The molecule has 21 heavy (non-hydrogen) atoms. The van der Waals surface area contributed by atoms with Gasteiger partial charge >= 0.3 is 0 Å². The molecule has 0 radical (unpaired) electrons. The van der Waals surface area contributed by atoms with Gasteiger partial charge < -0.3 is 10.2 Å².